The number of hydrogen-bond donors (Lipinski definition) is 1. The van der Waals surface area contributed by atoms with Crippen molar-refractivity contribution in [3.63, 3.8) is 0 Å². The highest BCUT2D eigenvalue weighted by atomic mass is 35.5. The number of nitro groups is 1. The van der Waals surface area contributed by atoms with Crippen LogP contribution in [0.3, 0.4) is 0 Å². The zero-order chi connectivity index (χ0) is 11.7. The van der Waals surface area contributed by atoms with Crippen molar-refractivity contribution in [1.29, 1.82) is 0 Å². The minimum atomic E-state index is -0.480. The largest absolute Gasteiger partial charge is 0.335 e. The van der Waals surface area contributed by atoms with E-state index in [0.29, 0.717) is 4.88 Å². The Morgan fingerprint density at radius 2 is 2.24 bits per heavy atom. The van der Waals surface area contributed by atoms with Crippen LogP contribution in [0.1, 0.15) is 9.67 Å². The fourth-order valence-electron chi connectivity index (χ4n) is 1.43. The van der Waals surface area contributed by atoms with Gasteiger partial charge in [-0.15, -0.1) is 12.4 Å². The van der Waals surface area contributed by atoms with Crippen LogP contribution in [-0.2, 0) is 0 Å². The van der Waals surface area contributed by atoms with E-state index in [-0.39, 0.29) is 29.4 Å². The van der Waals surface area contributed by atoms with Gasteiger partial charge in [0.2, 0.25) is 0 Å². The second-order valence-corrected chi connectivity index (χ2v) is 4.69. The zero-order valence-electron chi connectivity index (χ0n) is 9.08. The van der Waals surface area contributed by atoms with Gasteiger partial charge in [-0.25, -0.2) is 0 Å². The molecule has 1 N–H and O–H groups in total. The number of nitrogens with zero attached hydrogens (tertiary/aromatic N) is 2. The minimum Gasteiger partial charge on any atom is -0.335 e. The Bertz CT molecular complexity index is 433. The van der Waals surface area contributed by atoms with Crippen LogP contribution in [-0.4, -0.2) is 41.9 Å². The summed E-state index contributed by atoms with van der Waals surface area (Å²) in [5.41, 5.74) is 0. The predicted octanol–water partition coefficient (Wildman–Crippen LogP) is 1.12. The van der Waals surface area contributed by atoms with E-state index in [0.717, 1.165) is 24.4 Å². The number of carbonyl (C=O) groups is 1. The summed E-state index contributed by atoms with van der Waals surface area (Å²) in [4.78, 5) is 24.0. The molecule has 94 valence electrons. The first-order valence-corrected chi connectivity index (χ1v) is 5.63. The third-order valence-corrected chi connectivity index (χ3v) is 3.64. The van der Waals surface area contributed by atoms with Crippen molar-refractivity contribution in [3.05, 3.63) is 27.1 Å². The molecule has 8 heteroatoms. The predicted molar refractivity (Wildman–Crippen MR) is 67.0 cm³/mol. The van der Waals surface area contributed by atoms with Crippen LogP contribution in [0.5, 0.6) is 0 Å². The molecule has 1 aliphatic rings. The maximum Gasteiger partial charge on any atom is 0.324 e. The lowest BCUT2D eigenvalue weighted by atomic mass is 10.1. The van der Waals surface area contributed by atoms with Gasteiger partial charge >= 0.3 is 5.00 Å². The van der Waals surface area contributed by atoms with Gasteiger partial charge in [0.15, 0.2) is 0 Å². The van der Waals surface area contributed by atoms with Gasteiger partial charge in [0.1, 0.15) is 0 Å². The Morgan fingerprint density at radius 3 is 2.65 bits per heavy atom. The van der Waals surface area contributed by atoms with Crippen LogP contribution in [0.2, 0.25) is 0 Å². The van der Waals surface area contributed by atoms with Gasteiger partial charge in [0.05, 0.1) is 15.8 Å². The van der Waals surface area contributed by atoms with Crippen LogP contribution < -0.4 is 5.32 Å². The average molecular weight is 278 g/mol. The summed E-state index contributed by atoms with van der Waals surface area (Å²) in [5, 5.41) is 13.6. The van der Waals surface area contributed by atoms with Crippen molar-refractivity contribution in [1.82, 2.24) is 10.2 Å². The molecule has 0 aromatic carbocycles. The highest BCUT2D eigenvalue weighted by Crippen LogP contribution is 2.25. The smallest absolute Gasteiger partial charge is 0.324 e. The molecule has 1 saturated heterocycles. The molecule has 17 heavy (non-hydrogen) atoms. The molecule has 1 aromatic heterocycles. The number of nitrogens with one attached hydrogen (secondary N) is 1. The Kier molecular flexibility index (Phi) is 4.44. The average Bonchev–Trinajstić information content (AvgIpc) is 2.62. The van der Waals surface area contributed by atoms with Gasteiger partial charge in [-0.3, -0.25) is 14.9 Å². The first kappa shape index (κ1) is 13.9. The quantitative estimate of drug-likeness (QED) is 0.664. The fourth-order valence-corrected chi connectivity index (χ4v) is 2.23. The van der Waals surface area contributed by atoms with Crippen LogP contribution in [0.4, 0.5) is 5.00 Å². The van der Waals surface area contributed by atoms with Crippen molar-refractivity contribution in [2.45, 2.75) is 6.04 Å². The Hall–Kier alpha value is -1.18. The molecule has 0 spiro atoms. The molecule has 2 rings (SSSR count). The SMILES string of the molecule is CN(C(=O)c1ccc([N+](=O)[O-])s1)C1CNC1.Cl. The molecular formula is C9H12ClN3O3S. The van der Waals surface area contributed by atoms with Crippen LogP contribution >= 0.6 is 23.7 Å². The molecule has 0 saturated carbocycles. The second kappa shape index (κ2) is 5.44. The lowest BCUT2D eigenvalue weighted by molar-refractivity contribution is -0.380. The van der Waals surface area contributed by atoms with Gasteiger partial charge in [-0.05, 0) is 6.07 Å². The molecule has 1 amide bonds. The van der Waals surface area contributed by atoms with E-state index in [2.05, 4.69) is 5.32 Å². The number of carbonyl (C=O) groups excluding carboxylic acids is 1. The van der Waals surface area contributed by atoms with Gasteiger partial charge in [-0.2, -0.15) is 0 Å². The van der Waals surface area contributed by atoms with Crippen molar-refractivity contribution in [2.75, 3.05) is 20.1 Å². The van der Waals surface area contributed by atoms with Gasteiger partial charge in [-0.1, -0.05) is 11.3 Å². The summed E-state index contributed by atoms with van der Waals surface area (Å²) in [6.07, 6.45) is 0. The van der Waals surface area contributed by atoms with E-state index >= 15 is 0 Å². The molecule has 2 heterocycles. The van der Waals surface area contributed by atoms with Crippen molar-refractivity contribution >= 4 is 34.7 Å². The minimum absolute atomic E-state index is 0. The van der Waals surface area contributed by atoms with E-state index in [1.807, 2.05) is 0 Å². The molecule has 6 nitrogen and oxygen atoms in total. The molecule has 0 unspecified atom stereocenters. The number of likely N-dealkylation sites (N-methyl/N-ethyl adjacent to an activating group) is 1. The highest BCUT2D eigenvalue weighted by Gasteiger charge is 2.27. The fraction of sp³-hybridized carbons (Fsp3) is 0.444. The summed E-state index contributed by atoms with van der Waals surface area (Å²) < 4.78 is 0. The van der Waals surface area contributed by atoms with Crippen LogP contribution in [0.15, 0.2) is 12.1 Å². The Morgan fingerprint density at radius 1 is 1.59 bits per heavy atom. The summed E-state index contributed by atoms with van der Waals surface area (Å²) in [5.74, 6) is -0.149. The number of thiophene rings is 1. The first-order chi connectivity index (χ1) is 7.59. The van der Waals surface area contributed by atoms with Gasteiger partial charge in [0.25, 0.3) is 5.91 Å². The number of hydrogen-bond acceptors (Lipinski definition) is 5. The van der Waals surface area contributed by atoms with E-state index in [4.69, 9.17) is 0 Å². The molecule has 1 fully saturated rings. The topological polar surface area (TPSA) is 75.5 Å². The standard InChI is InChI=1S/C9H11N3O3S.ClH/c1-11(6-4-10-5-6)9(13)7-2-3-8(16-7)12(14)15;/h2-3,6,10H,4-5H2,1H3;1H. The van der Waals surface area contributed by atoms with E-state index in [1.54, 1.807) is 11.9 Å². The molecule has 0 atom stereocenters. The van der Waals surface area contributed by atoms with Crippen molar-refractivity contribution < 1.29 is 9.72 Å². The lowest BCUT2D eigenvalue weighted by Gasteiger charge is -2.35. The molecule has 0 radical (unpaired) electrons. The lowest BCUT2D eigenvalue weighted by Crippen LogP contribution is -2.57. The normalized spacial score (nSPS) is 14.6. The highest BCUT2D eigenvalue weighted by molar-refractivity contribution is 7.17. The number of rotatable bonds is 3. The Balaban J connectivity index is 0.00000144. The summed E-state index contributed by atoms with van der Waals surface area (Å²) in [6.45, 7) is 1.57. The maximum absolute atomic E-state index is 11.9. The summed E-state index contributed by atoms with van der Waals surface area (Å²) in [6, 6.07) is 3.08. The van der Waals surface area contributed by atoms with Gasteiger partial charge < -0.3 is 10.2 Å². The molecule has 0 aliphatic carbocycles. The van der Waals surface area contributed by atoms with Crippen molar-refractivity contribution in [2.24, 2.45) is 0 Å². The molecule has 0 bridgehead atoms. The van der Waals surface area contributed by atoms with E-state index < -0.39 is 4.92 Å². The zero-order valence-corrected chi connectivity index (χ0v) is 10.7. The van der Waals surface area contributed by atoms with E-state index in [1.165, 1.54) is 12.1 Å². The number of amides is 1. The third-order valence-electron chi connectivity index (χ3n) is 2.61. The first-order valence-electron chi connectivity index (χ1n) is 4.81. The summed E-state index contributed by atoms with van der Waals surface area (Å²) >= 11 is 0.919. The third kappa shape index (κ3) is 2.74. The molecular weight excluding hydrogens is 266 g/mol. The number of halogens is 1. The van der Waals surface area contributed by atoms with Gasteiger partial charge in [0, 0.05) is 26.2 Å². The van der Waals surface area contributed by atoms with Crippen LogP contribution in [0.25, 0.3) is 0 Å². The second-order valence-electron chi connectivity index (χ2n) is 3.62. The maximum atomic E-state index is 11.9. The monoisotopic (exact) mass is 277 g/mol. The van der Waals surface area contributed by atoms with E-state index in [9.17, 15) is 14.9 Å². The summed E-state index contributed by atoms with van der Waals surface area (Å²) in [7, 11) is 1.72. The van der Waals surface area contributed by atoms with Crippen LogP contribution in [0, 0.1) is 10.1 Å². The molecule has 1 aromatic rings. The Labute approximate surface area is 108 Å². The van der Waals surface area contributed by atoms with Crippen molar-refractivity contribution in [3.8, 4) is 0 Å². The molecule has 1 aliphatic heterocycles.